The Morgan fingerprint density at radius 3 is 2.33 bits per heavy atom. The molecule has 0 aliphatic carbocycles. The average Bonchev–Trinajstić information content (AvgIpc) is 3.36. The first-order valence-corrected chi connectivity index (χ1v) is 17.3. The first-order chi connectivity index (χ1) is 18.6. The Morgan fingerprint density at radius 2 is 1.65 bits per heavy atom. The number of aliphatic hydroxyl groups excluding tert-OH is 2. The van der Waals surface area contributed by atoms with Crippen LogP contribution < -0.4 is 11.5 Å². The summed E-state index contributed by atoms with van der Waals surface area (Å²) in [6.07, 6.45) is 0.189. The van der Waals surface area contributed by atoms with E-state index in [-0.39, 0.29) is 17.0 Å². The lowest BCUT2D eigenvalue weighted by Gasteiger charge is -2.19. The molecule has 0 aromatic carbocycles. The van der Waals surface area contributed by atoms with Crippen molar-refractivity contribution < 1.29 is 61.4 Å². The van der Waals surface area contributed by atoms with Gasteiger partial charge >= 0.3 is 23.5 Å². The summed E-state index contributed by atoms with van der Waals surface area (Å²) in [6.45, 7) is -0.297. The lowest BCUT2D eigenvalue weighted by Crippen LogP contribution is -2.33. The lowest BCUT2D eigenvalue weighted by molar-refractivity contribution is -0.0503. The van der Waals surface area contributed by atoms with Crippen molar-refractivity contribution >= 4 is 52.2 Å². The molecule has 10 N–H and O–H groups in total. The number of nitrogens with two attached hydrogens (primary N) is 2. The summed E-state index contributed by atoms with van der Waals surface area (Å²) in [5.41, 5.74) is 11.9. The van der Waals surface area contributed by atoms with Crippen LogP contribution in [0.15, 0.2) is 11.5 Å². The van der Waals surface area contributed by atoms with E-state index in [1.807, 2.05) is 0 Å². The van der Waals surface area contributed by atoms with Crippen LogP contribution in [-0.4, -0.2) is 86.5 Å². The molecule has 3 heterocycles. The van der Waals surface area contributed by atoms with Crippen LogP contribution in [-0.2, 0) is 31.6 Å². The largest absolute Gasteiger partial charge is 0.490 e. The predicted molar refractivity (Wildman–Crippen MR) is 138 cm³/mol. The van der Waals surface area contributed by atoms with Crippen LogP contribution in [0.4, 0.5) is 5.82 Å². The first-order valence-electron chi connectivity index (χ1n) is 11.8. The molecule has 1 fully saturated rings. The molecule has 1 aliphatic rings. The summed E-state index contributed by atoms with van der Waals surface area (Å²) in [5, 5.41) is 21.3. The van der Waals surface area contributed by atoms with Crippen molar-refractivity contribution in [3.63, 3.8) is 0 Å². The summed E-state index contributed by atoms with van der Waals surface area (Å²) in [6, 6.07) is 0. The van der Waals surface area contributed by atoms with Gasteiger partial charge in [-0.2, -0.15) is 8.62 Å². The number of hydrogen-bond acceptors (Lipinski definition) is 15. The highest BCUT2D eigenvalue weighted by Crippen LogP contribution is 2.66. The van der Waals surface area contributed by atoms with E-state index in [9.17, 15) is 33.7 Å². The Balaban J connectivity index is 1.65. The maximum absolute atomic E-state index is 12.0. The molecule has 2 aromatic heterocycles. The number of imidazole rings is 1. The van der Waals surface area contributed by atoms with Crippen LogP contribution in [0.5, 0.6) is 0 Å². The minimum atomic E-state index is -5.73. The SMILES string of the molecule is NCCCCCCCSc1nc(N)c2ncn([C@@H]3O[C@H](COP(=O)(O)OP(=O)(O)OP(=O)(O)O)[C@@H](O)[C@H]3O)c2n1. The summed E-state index contributed by atoms with van der Waals surface area (Å²) in [7, 11) is -16.8. The molecule has 2 unspecified atom stereocenters. The number of hydrogen-bond donors (Lipinski definition) is 8. The standard InChI is InChI=1S/C17H31N6O13P3S/c18-6-4-2-1-3-5-7-40-17-21-14(19)11-15(22-17)23(9-20-11)16-13(25)12(24)10(34-16)8-33-38(29,30)36-39(31,32)35-37(26,27)28/h9-10,12-13,16,24-25H,1-8,18H2,(H,29,30)(H,31,32)(H2,19,21,22)(H2,26,27,28)/t10-,12-,13-,16-/m1/s1. The van der Waals surface area contributed by atoms with Crippen molar-refractivity contribution in [3.05, 3.63) is 6.33 Å². The summed E-state index contributed by atoms with van der Waals surface area (Å²) in [5.74, 6) is 0.803. The predicted octanol–water partition coefficient (Wildman–Crippen LogP) is 0.372. The average molecular weight is 652 g/mol. The molecule has 2 aromatic rings. The van der Waals surface area contributed by atoms with Crippen molar-refractivity contribution in [2.75, 3.05) is 24.6 Å². The molecule has 6 atom stereocenters. The summed E-state index contributed by atoms with van der Waals surface area (Å²) >= 11 is 1.37. The van der Waals surface area contributed by atoms with Gasteiger partial charge in [0, 0.05) is 5.75 Å². The number of ether oxygens (including phenoxy) is 1. The van der Waals surface area contributed by atoms with Gasteiger partial charge in [0.25, 0.3) is 0 Å². The number of aromatic nitrogens is 4. The Bertz CT molecular complexity index is 1300. The van der Waals surface area contributed by atoms with Gasteiger partial charge < -0.3 is 46.0 Å². The first kappa shape index (κ1) is 33.5. The van der Waals surface area contributed by atoms with E-state index in [4.69, 9.17) is 26.0 Å². The monoisotopic (exact) mass is 652 g/mol. The zero-order valence-electron chi connectivity index (χ0n) is 20.8. The van der Waals surface area contributed by atoms with Gasteiger partial charge in [-0.15, -0.1) is 0 Å². The topological polar surface area (TPSA) is 305 Å². The van der Waals surface area contributed by atoms with Crippen molar-refractivity contribution in [2.45, 2.75) is 61.8 Å². The highest BCUT2D eigenvalue weighted by Gasteiger charge is 2.47. The number of unbranched alkanes of at least 4 members (excludes halogenated alkanes) is 4. The van der Waals surface area contributed by atoms with E-state index in [0.717, 1.165) is 37.9 Å². The third kappa shape index (κ3) is 9.49. The fraction of sp³-hybridized carbons (Fsp3) is 0.706. The highest BCUT2D eigenvalue weighted by atomic mass is 32.2. The second kappa shape index (κ2) is 13.9. The molecule has 23 heteroatoms. The van der Waals surface area contributed by atoms with Crippen LogP contribution in [0.1, 0.15) is 38.3 Å². The molecular formula is C17H31N6O13P3S. The number of phosphoric ester groups is 1. The minimum absolute atomic E-state index is 0.0754. The lowest BCUT2D eigenvalue weighted by atomic mass is 10.1. The molecule has 1 aliphatic heterocycles. The number of aliphatic hydroxyl groups is 2. The van der Waals surface area contributed by atoms with Crippen LogP contribution in [0.2, 0.25) is 0 Å². The Labute approximate surface area is 231 Å². The highest BCUT2D eigenvalue weighted by molar-refractivity contribution is 7.99. The normalized spacial score (nSPS) is 24.8. The molecular weight excluding hydrogens is 621 g/mol. The van der Waals surface area contributed by atoms with Crippen molar-refractivity contribution in [1.82, 2.24) is 19.5 Å². The van der Waals surface area contributed by atoms with Gasteiger partial charge in [-0.05, 0) is 19.4 Å². The fourth-order valence-corrected chi connectivity index (χ4v) is 7.55. The molecule has 1 saturated heterocycles. The van der Waals surface area contributed by atoms with Gasteiger partial charge in [0.05, 0.1) is 12.9 Å². The van der Waals surface area contributed by atoms with Gasteiger partial charge in [-0.25, -0.2) is 28.6 Å². The number of phosphoric acid groups is 3. The number of anilines is 1. The number of fused-ring (bicyclic) bond motifs is 1. The van der Waals surface area contributed by atoms with Gasteiger partial charge in [0.2, 0.25) is 0 Å². The third-order valence-electron chi connectivity index (χ3n) is 5.44. The number of nitrogens with zero attached hydrogens (tertiary/aromatic N) is 4. The van der Waals surface area contributed by atoms with Crippen molar-refractivity contribution in [3.8, 4) is 0 Å². The van der Waals surface area contributed by atoms with E-state index < -0.39 is 54.6 Å². The summed E-state index contributed by atoms with van der Waals surface area (Å²) < 4.78 is 52.8. The molecule has 0 spiro atoms. The molecule has 0 radical (unpaired) electrons. The van der Waals surface area contributed by atoms with Gasteiger partial charge in [0.15, 0.2) is 22.8 Å². The minimum Gasteiger partial charge on any atom is -0.387 e. The van der Waals surface area contributed by atoms with Crippen LogP contribution in [0.3, 0.4) is 0 Å². The Morgan fingerprint density at radius 1 is 0.975 bits per heavy atom. The number of rotatable bonds is 16. The van der Waals surface area contributed by atoms with Gasteiger partial charge in [0.1, 0.15) is 23.8 Å². The van der Waals surface area contributed by atoms with E-state index in [0.29, 0.717) is 11.7 Å². The third-order valence-corrected chi connectivity index (χ3v) is 10.2. The summed E-state index contributed by atoms with van der Waals surface area (Å²) in [4.78, 5) is 48.9. The zero-order chi connectivity index (χ0) is 29.7. The Kier molecular flexibility index (Phi) is 11.7. The van der Waals surface area contributed by atoms with Crippen LogP contribution >= 0.6 is 35.2 Å². The zero-order valence-corrected chi connectivity index (χ0v) is 24.3. The van der Waals surface area contributed by atoms with E-state index in [1.54, 1.807) is 0 Å². The van der Waals surface area contributed by atoms with Crippen molar-refractivity contribution in [1.29, 1.82) is 0 Å². The quantitative estimate of drug-likeness (QED) is 0.0525. The maximum atomic E-state index is 12.0. The molecule has 228 valence electrons. The number of thioether (sulfide) groups is 1. The second-order valence-corrected chi connectivity index (χ2v) is 14.0. The molecule has 3 rings (SSSR count). The van der Waals surface area contributed by atoms with Crippen molar-refractivity contribution in [2.24, 2.45) is 5.73 Å². The molecule has 0 saturated carbocycles. The number of nitrogen functional groups attached to an aromatic ring is 1. The van der Waals surface area contributed by atoms with Gasteiger partial charge in [-0.1, -0.05) is 31.0 Å². The molecule has 19 nitrogen and oxygen atoms in total. The van der Waals surface area contributed by atoms with Gasteiger partial charge in [-0.3, -0.25) is 9.09 Å². The molecule has 40 heavy (non-hydrogen) atoms. The molecule has 0 bridgehead atoms. The van der Waals surface area contributed by atoms with E-state index in [2.05, 4.69) is 28.1 Å². The maximum Gasteiger partial charge on any atom is 0.490 e. The fourth-order valence-electron chi connectivity index (χ4n) is 3.68. The van der Waals surface area contributed by atoms with Crippen LogP contribution in [0.25, 0.3) is 11.2 Å². The van der Waals surface area contributed by atoms with E-state index in [1.165, 1.54) is 22.7 Å². The molecule has 0 amide bonds. The smallest absolute Gasteiger partial charge is 0.387 e. The van der Waals surface area contributed by atoms with Crippen LogP contribution in [0, 0.1) is 0 Å². The second-order valence-electron chi connectivity index (χ2n) is 8.55. The van der Waals surface area contributed by atoms with E-state index >= 15 is 0 Å². The Hall–Kier alpha value is -1.05.